The summed E-state index contributed by atoms with van der Waals surface area (Å²) in [6.45, 7) is 0.241. The number of nitrogens with two attached hydrogens (primary N) is 1. The van der Waals surface area contributed by atoms with Gasteiger partial charge in [0, 0.05) is 17.3 Å². The predicted octanol–water partition coefficient (Wildman–Crippen LogP) is 1.99. The highest BCUT2D eigenvalue weighted by Gasteiger charge is 2.32. The summed E-state index contributed by atoms with van der Waals surface area (Å²) in [7, 11) is 0. The number of nitrogens with zero attached hydrogens (tertiary/aromatic N) is 3. The molecule has 2 rings (SSSR count). The van der Waals surface area contributed by atoms with Crippen LogP contribution in [0.25, 0.3) is 0 Å². The number of thiazole rings is 1. The highest BCUT2D eigenvalue weighted by Crippen LogP contribution is 2.28. The summed E-state index contributed by atoms with van der Waals surface area (Å²) >= 11 is 1.22. The second-order valence-corrected chi connectivity index (χ2v) is 4.24. The second kappa shape index (κ2) is 3.78. The standard InChI is InChI=1S/C8H7F3N4S/c9-8(10,11)5-1-14-15(3-5)4-6-2-13-7(12)16-6/h1-3H,4H2,(H2,12,13). The van der Waals surface area contributed by atoms with Crippen LogP contribution in [0.15, 0.2) is 18.6 Å². The van der Waals surface area contributed by atoms with E-state index in [-0.39, 0.29) is 6.54 Å². The van der Waals surface area contributed by atoms with Crippen molar-refractivity contribution in [3.8, 4) is 0 Å². The highest BCUT2D eigenvalue weighted by molar-refractivity contribution is 7.15. The summed E-state index contributed by atoms with van der Waals surface area (Å²) in [6.07, 6.45) is -1.08. The molecule has 2 heterocycles. The van der Waals surface area contributed by atoms with Gasteiger partial charge in [0.1, 0.15) is 0 Å². The molecule has 0 aliphatic heterocycles. The fourth-order valence-corrected chi connectivity index (χ4v) is 1.83. The molecule has 0 aliphatic rings. The molecule has 0 atom stereocenters. The third-order valence-electron chi connectivity index (χ3n) is 1.85. The van der Waals surface area contributed by atoms with Crippen molar-refractivity contribution in [2.75, 3.05) is 5.73 Å². The van der Waals surface area contributed by atoms with E-state index in [2.05, 4.69) is 10.1 Å². The van der Waals surface area contributed by atoms with E-state index in [0.717, 1.165) is 17.3 Å². The SMILES string of the molecule is Nc1ncc(Cn2cc(C(F)(F)F)cn2)s1. The lowest BCUT2D eigenvalue weighted by Gasteiger charge is -2.00. The van der Waals surface area contributed by atoms with Gasteiger partial charge in [-0.25, -0.2) is 4.98 Å². The molecule has 2 N–H and O–H groups in total. The van der Waals surface area contributed by atoms with Crippen LogP contribution in [0, 0.1) is 0 Å². The Morgan fingerprint density at radius 3 is 2.62 bits per heavy atom. The van der Waals surface area contributed by atoms with E-state index in [1.54, 1.807) is 0 Å². The van der Waals surface area contributed by atoms with Crippen LogP contribution in [-0.2, 0) is 12.7 Å². The number of hydrogen-bond acceptors (Lipinski definition) is 4. The minimum Gasteiger partial charge on any atom is -0.375 e. The lowest BCUT2D eigenvalue weighted by atomic mass is 10.4. The first-order valence-corrected chi connectivity index (χ1v) is 5.06. The number of nitrogen functional groups attached to an aromatic ring is 1. The van der Waals surface area contributed by atoms with Gasteiger partial charge < -0.3 is 5.73 Å². The second-order valence-electron chi connectivity index (χ2n) is 3.09. The first-order valence-electron chi connectivity index (χ1n) is 4.25. The summed E-state index contributed by atoms with van der Waals surface area (Å²) in [4.78, 5) is 4.56. The normalized spacial score (nSPS) is 11.9. The minimum atomic E-state index is -4.36. The van der Waals surface area contributed by atoms with E-state index < -0.39 is 11.7 Å². The maximum Gasteiger partial charge on any atom is 0.419 e. The summed E-state index contributed by atoms with van der Waals surface area (Å²) < 4.78 is 38.0. The molecule has 0 radical (unpaired) electrons. The van der Waals surface area contributed by atoms with E-state index in [0.29, 0.717) is 5.13 Å². The molecule has 0 unspecified atom stereocenters. The average Bonchev–Trinajstić information content (AvgIpc) is 2.74. The molecule has 16 heavy (non-hydrogen) atoms. The monoisotopic (exact) mass is 248 g/mol. The van der Waals surface area contributed by atoms with Crippen LogP contribution in [-0.4, -0.2) is 14.8 Å². The molecule has 8 heteroatoms. The number of alkyl halides is 3. The van der Waals surface area contributed by atoms with Crippen molar-refractivity contribution in [1.82, 2.24) is 14.8 Å². The topological polar surface area (TPSA) is 56.7 Å². The minimum absolute atomic E-state index is 0.241. The van der Waals surface area contributed by atoms with Crippen molar-refractivity contribution in [3.63, 3.8) is 0 Å². The van der Waals surface area contributed by atoms with Crippen LogP contribution >= 0.6 is 11.3 Å². The Labute approximate surface area is 92.5 Å². The van der Waals surface area contributed by atoms with Gasteiger partial charge in [-0.2, -0.15) is 18.3 Å². The third kappa shape index (κ3) is 2.32. The molecule has 0 spiro atoms. The van der Waals surface area contributed by atoms with Gasteiger partial charge in [-0.05, 0) is 0 Å². The molecule has 0 saturated carbocycles. The summed E-state index contributed by atoms with van der Waals surface area (Å²) in [5, 5.41) is 4.01. The molecule has 4 nitrogen and oxygen atoms in total. The molecular formula is C8H7F3N4S. The van der Waals surface area contributed by atoms with Crippen LogP contribution < -0.4 is 5.73 Å². The van der Waals surface area contributed by atoms with Gasteiger partial charge in [0.05, 0.1) is 18.3 Å². The Hall–Kier alpha value is -1.57. The van der Waals surface area contributed by atoms with Crippen LogP contribution in [0.5, 0.6) is 0 Å². The van der Waals surface area contributed by atoms with Crippen molar-refractivity contribution < 1.29 is 13.2 Å². The number of anilines is 1. The summed E-state index contributed by atoms with van der Waals surface area (Å²) in [6, 6.07) is 0. The number of hydrogen-bond donors (Lipinski definition) is 1. The van der Waals surface area contributed by atoms with Crippen LogP contribution in [0.2, 0.25) is 0 Å². The largest absolute Gasteiger partial charge is 0.419 e. The number of halogens is 3. The maximum atomic E-state index is 12.3. The Kier molecular flexibility index (Phi) is 2.58. The van der Waals surface area contributed by atoms with Gasteiger partial charge in [-0.1, -0.05) is 0 Å². The zero-order valence-corrected chi connectivity index (χ0v) is 8.72. The molecule has 86 valence electrons. The van der Waals surface area contributed by atoms with Gasteiger partial charge in [-0.3, -0.25) is 4.68 Å². The van der Waals surface area contributed by atoms with Gasteiger partial charge in [0.15, 0.2) is 5.13 Å². The smallest absolute Gasteiger partial charge is 0.375 e. The van der Waals surface area contributed by atoms with Gasteiger partial charge >= 0.3 is 6.18 Å². The van der Waals surface area contributed by atoms with Crippen molar-refractivity contribution >= 4 is 16.5 Å². The van der Waals surface area contributed by atoms with E-state index in [1.165, 1.54) is 22.2 Å². The molecule has 0 fully saturated rings. The summed E-state index contributed by atoms with van der Waals surface area (Å²) in [5.74, 6) is 0. The van der Waals surface area contributed by atoms with E-state index in [1.807, 2.05) is 0 Å². The third-order valence-corrected chi connectivity index (χ3v) is 2.66. The van der Waals surface area contributed by atoms with Crippen molar-refractivity contribution in [2.45, 2.75) is 12.7 Å². The molecule has 0 amide bonds. The molecule has 0 aromatic carbocycles. The van der Waals surface area contributed by atoms with E-state index in [4.69, 9.17) is 5.73 Å². The fraction of sp³-hybridized carbons (Fsp3) is 0.250. The quantitative estimate of drug-likeness (QED) is 0.884. The first kappa shape index (κ1) is 10.9. The van der Waals surface area contributed by atoms with Gasteiger partial charge in [-0.15, -0.1) is 11.3 Å². The molecular weight excluding hydrogens is 241 g/mol. The molecule has 0 bridgehead atoms. The molecule has 2 aromatic heterocycles. The number of aromatic nitrogens is 3. The van der Waals surface area contributed by atoms with Gasteiger partial charge in [0.25, 0.3) is 0 Å². The Balaban J connectivity index is 2.14. The van der Waals surface area contributed by atoms with Crippen LogP contribution in [0.1, 0.15) is 10.4 Å². The zero-order chi connectivity index (χ0) is 11.8. The lowest BCUT2D eigenvalue weighted by molar-refractivity contribution is -0.137. The molecule has 0 aliphatic carbocycles. The van der Waals surface area contributed by atoms with Crippen molar-refractivity contribution in [2.24, 2.45) is 0 Å². The highest BCUT2D eigenvalue weighted by atomic mass is 32.1. The average molecular weight is 248 g/mol. The van der Waals surface area contributed by atoms with Gasteiger partial charge in [0.2, 0.25) is 0 Å². The van der Waals surface area contributed by atoms with Crippen LogP contribution in [0.3, 0.4) is 0 Å². The van der Waals surface area contributed by atoms with Crippen molar-refractivity contribution in [1.29, 1.82) is 0 Å². The molecule has 0 saturated heterocycles. The summed E-state index contributed by atoms with van der Waals surface area (Å²) in [5.41, 5.74) is 4.65. The first-order chi connectivity index (χ1) is 7.45. The molecule has 2 aromatic rings. The Morgan fingerprint density at radius 2 is 2.12 bits per heavy atom. The van der Waals surface area contributed by atoms with E-state index >= 15 is 0 Å². The fourth-order valence-electron chi connectivity index (χ4n) is 1.15. The number of rotatable bonds is 2. The van der Waals surface area contributed by atoms with Crippen LogP contribution in [0.4, 0.5) is 18.3 Å². The predicted molar refractivity (Wildman–Crippen MR) is 52.9 cm³/mol. The van der Waals surface area contributed by atoms with Crippen molar-refractivity contribution in [3.05, 3.63) is 29.0 Å². The lowest BCUT2D eigenvalue weighted by Crippen LogP contribution is -2.03. The Bertz CT molecular complexity index is 487. The Morgan fingerprint density at radius 1 is 1.38 bits per heavy atom. The van der Waals surface area contributed by atoms with E-state index in [9.17, 15) is 13.2 Å². The zero-order valence-electron chi connectivity index (χ0n) is 7.90. The maximum absolute atomic E-state index is 12.3.